The van der Waals surface area contributed by atoms with Gasteiger partial charge in [-0.3, -0.25) is 9.59 Å². The average Bonchev–Trinajstić information content (AvgIpc) is 2.90. The van der Waals surface area contributed by atoms with Crippen LogP contribution in [-0.2, 0) is 4.79 Å². The number of rotatable bonds is 5. The van der Waals surface area contributed by atoms with Gasteiger partial charge in [0.25, 0.3) is 5.91 Å². The second-order valence-electron chi connectivity index (χ2n) is 8.02. The van der Waals surface area contributed by atoms with Gasteiger partial charge in [-0.25, -0.2) is 4.98 Å². The van der Waals surface area contributed by atoms with Crippen LogP contribution in [0.25, 0.3) is 0 Å². The number of hydrogen-bond acceptors (Lipinski definition) is 5. The van der Waals surface area contributed by atoms with Gasteiger partial charge in [-0.1, -0.05) is 6.07 Å². The first-order chi connectivity index (χ1) is 14.3. The molecule has 1 unspecified atom stereocenters. The molecule has 7 heteroatoms. The third-order valence-electron chi connectivity index (χ3n) is 5.50. The summed E-state index contributed by atoms with van der Waals surface area (Å²) in [5.41, 5.74) is 1.83. The molecule has 0 radical (unpaired) electrons. The number of likely N-dealkylation sites (tertiary alicyclic amines) is 1. The first kappa shape index (κ1) is 21.8. The number of aryl methyl sites for hydroxylation is 2. The van der Waals surface area contributed by atoms with Crippen molar-refractivity contribution < 1.29 is 19.4 Å². The Kier molecular flexibility index (Phi) is 6.72. The number of amides is 2. The molecule has 1 fully saturated rings. The standard InChI is InChI=1S/C23H29N3O4/c1-16-5-6-20(13-17(16)2)30-15-23(29)8-4-11-26(12-9-23)22(28)19-7-10-24-21(14-19)25-18(3)27/h5-7,10,13-14,29H,4,8-9,11-12,15H2,1-3H3,(H,24,25,27). The van der Waals surface area contributed by atoms with E-state index >= 15 is 0 Å². The summed E-state index contributed by atoms with van der Waals surface area (Å²) >= 11 is 0. The second kappa shape index (κ2) is 9.26. The van der Waals surface area contributed by atoms with Gasteiger partial charge in [0.05, 0.1) is 0 Å². The zero-order chi connectivity index (χ0) is 21.7. The summed E-state index contributed by atoms with van der Waals surface area (Å²) in [6, 6.07) is 9.10. The quantitative estimate of drug-likeness (QED) is 0.789. The molecule has 2 N–H and O–H groups in total. The van der Waals surface area contributed by atoms with Crippen LogP contribution in [0.1, 0.15) is 47.7 Å². The number of hydrogen-bond donors (Lipinski definition) is 2. The van der Waals surface area contributed by atoms with Gasteiger partial charge in [0.15, 0.2) is 0 Å². The third kappa shape index (κ3) is 5.57. The molecular formula is C23H29N3O4. The summed E-state index contributed by atoms with van der Waals surface area (Å²) in [6.45, 7) is 6.66. The molecule has 0 bridgehead atoms. The van der Waals surface area contributed by atoms with Crippen LogP contribution in [0.5, 0.6) is 5.75 Å². The normalized spacial score (nSPS) is 19.1. The molecule has 2 heterocycles. The van der Waals surface area contributed by atoms with E-state index < -0.39 is 5.60 Å². The molecular weight excluding hydrogens is 382 g/mol. The summed E-state index contributed by atoms with van der Waals surface area (Å²) in [7, 11) is 0. The summed E-state index contributed by atoms with van der Waals surface area (Å²) < 4.78 is 5.87. The number of benzene rings is 1. The van der Waals surface area contributed by atoms with E-state index in [0.29, 0.717) is 43.7 Å². The Labute approximate surface area is 177 Å². The van der Waals surface area contributed by atoms with Crippen LogP contribution in [-0.4, -0.2) is 52.1 Å². The van der Waals surface area contributed by atoms with Crippen molar-refractivity contribution in [3.8, 4) is 5.75 Å². The van der Waals surface area contributed by atoms with Crippen LogP contribution in [0.4, 0.5) is 5.82 Å². The fourth-order valence-electron chi connectivity index (χ4n) is 3.54. The lowest BCUT2D eigenvalue weighted by Gasteiger charge is -2.27. The summed E-state index contributed by atoms with van der Waals surface area (Å²) in [5.74, 6) is 0.714. The zero-order valence-electron chi connectivity index (χ0n) is 17.8. The van der Waals surface area contributed by atoms with Crippen molar-refractivity contribution in [3.05, 3.63) is 53.2 Å². The molecule has 0 spiro atoms. The van der Waals surface area contributed by atoms with E-state index in [1.165, 1.54) is 18.7 Å². The number of carbonyl (C=O) groups is 2. The largest absolute Gasteiger partial charge is 0.491 e. The number of carbonyl (C=O) groups excluding carboxylic acids is 2. The molecule has 0 saturated carbocycles. The van der Waals surface area contributed by atoms with Crippen LogP contribution < -0.4 is 10.1 Å². The fourth-order valence-corrected chi connectivity index (χ4v) is 3.54. The minimum Gasteiger partial charge on any atom is -0.491 e. The van der Waals surface area contributed by atoms with Crippen molar-refractivity contribution in [3.63, 3.8) is 0 Å². The Morgan fingerprint density at radius 3 is 2.70 bits per heavy atom. The van der Waals surface area contributed by atoms with Crippen molar-refractivity contribution in [1.82, 2.24) is 9.88 Å². The predicted octanol–water partition coefficient (Wildman–Crippen LogP) is 3.09. The van der Waals surface area contributed by atoms with Crippen molar-refractivity contribution >= 4 is 17.6 Å². The van der Waals surface area contributed by atoms with Crippen molar-refractivity contribution in [2.24, 2.45) is 0 Å². The highest BCUT2D eigenvalue weighted by molar-refractivity contribution is 5.96. The molecule has 1 aromatic carbocycles. The molecule has 2 amide bonds. The van der Waals surface area contributed by atoms with E-state index in [1.54, 1.807) is 17.0 Å². The number of nitrogens with zero attached hydrogens (tertiary/aromatic N) is 2. The van der Waals surface area contributed by atoms with Gasteiger partial charge in [0, 0.05) is 31.8 Å². The Morgan fingerprint density at radius 1 is 1.17 bits per heavy atom. The van der Waals surface area contributed by atoms with Crippen molar-refractivity contribution in [1.29, 1.82) is 0 Å². The molecule has 3 rings (SSSR count). The fraction of sp³-hybridized carbons (Fsp3) is 0.435. The maximum Gasteiger partial charge on any atom is 0.254 e. The SMILES string of the molecule is CC(=O)Nc1cc(C(=O)N2CCCC(O)(COc3ccc(C)c(C)c3)CC2)ccn1. The van der Waals surface area contributed by atoms with E-state index in [1.807, 2.05) is 32.0 Å². The van der Waals surface area contributed by atoms with Crippen LogP contribution in [0.2, 0.25) is 0 Å². The molecule has 0 aliphatic carbocycles. The zero-order valence-corrected chi connectivity index (χ0v) is 17.8. The monoisotopic (exact) mass is 411 g/mol. The lowest BCUT2D eigenvalue weighted by atomic mass is 9.96. The highest BCUT2D eigenvalue weighted by Gasteiger charge is 2.32. The van der Waals surface area contributed by atoms with Crippen LogP contribution >= 0.6 is 0 Å². The van der Waals surface area contributed by atoms with E-state index in [2.05, 4.69) is 10.3 Å². The summed E-state index contributed by atoms with van der Waals surface area (Å²) in [4.78, 5) is 29.9. The first-order valence-corrected chi connectivity index (χ1v) is 10.2. The molecule has 160 valence electrons. The van der Waals surface area contributed by atoms with Crippen LogP contribution in [0, 0.1) is 13.8 Å². The highest BCUT2D eigenvalue weighted by Crippen LogP contribution is 2.26. The van der Waals surface area contributed by atoms with E-state index in [4.69, 9.17) is 4.74 Å². The molecule has 1 atom stereocenters. The maximum absolute atomic E-state index is 12.9. The van der Waals surface area contributed by atoms with E-state index in [-0.39, 0.29) is 18.4 Å². The van der Waals surface area contributed by atoms with Gasteiger partial charge < -0.3 is 20.1 Å². The number of nitrogens with one attached hydrogen (secondary N) is 1. The predicted molar refractivity (Wildman–Crippen MR) is 115 cm³/mol. The number of aliphatic hydroxyl groups is 1. The molecule has 30 heavy (non-hydrogen) atoms. The molecule has 1 saturated heterocycles. The number of aromatic nitrogens is 1. The average molecular weight is 412 g/mol. The minimum atomic E-state index is -0.979. The Hall–Kier alpha value is -2.93. The van der Waals surface area contributed by atoms with E-state index in [0.717, 1.165) is 11.3 Å². The molecule has 1 aromatic heterocycles. The van der Waals surface area contributed by atoms with Gasteiger partial charge in [-0.05, 0) is 68.5 Å². The van der Waals surface area contributed by atoms with Gasteiger partial charge in [0.2, 0.25) is 5.91 Å². The number of anilines is 1. The topological polar surface area (TPSA) is 91.8 Å². The van der Waals surface area contributed by atoms with Crippen molar-refractivity contribution in [2.75, 3.05) is 25.0 Å². The van der Waals surface area contributed by atoms with Gasteiger partial charge in [-0.2, -0.15) is 0 Å². The summed E-state index contributed by atoms with van der Waals surface area (Å²) in [5, 5.41) is 13.6. The minimum absolute atomic E-state index is 0.136. The second-order valence-corrected chi connectivity index (χ2v) is 8.02. The Balaban J connectivity index is 1.61. The first-order valence-electron chi connectivity index (χ1n) is 10.2. The number of pyridine rings is 1. The molecule has 2 aromatic rings. The molecule has 7 nitrogen and oxygen atoms in total. The van der Waals surface area contributed by atoms with Gasteiger partial charge >= 0.3 is 0 Å². The third-order valence-corrected chi connectivity index (χ3v) is 5.50. The molecule has 1 aliphatic rings. The number of ether oxygens (including phenoxy) is 1. The lowest BCUT2D eigenvalue weighted by Crippen LogP contribution is -2.38. The maximum atomic E-state index is 12.9. The van der Waals surface area contributed by atoms with Crippen molar-refractivity contribution in [2.45, 2.75) is 45.6 Å². The smallest absolute Gasteiger partial charge is 0.254 e. The lowest BCUT2D eigenvalue weighted by molar-refractivity contribution is -0.114. The Bertz CT molecular complexity index is 930. The van der Waals surface area contributed by atoms with Gasteiger partial charge in [-0.15, -0.1) is 0 Å². The van der Waals surface area contributed by atoms with Crippen LogP contribution in [0.15, 0.2) is 36.5 Å². The van der Waals surface area contributed by atoms with Gasteiger partial charge in [0.1, 0.15) is 23.8 Å². The Morgan fingerprint density at radius 2 is 1.97 bits per heavy atom. The molecule has 1 aliphatic heterocycles. The summed E-state index contributed by atoms with van der Waals surface area (Å²) in [6.07, 6.45) is 3.19. The van der Waals surface area contributed by atoms with Crippen LogP contribution in [0.3, 0.4) is 0 Å². The van der Waals surface area contributed by atoms with E-state index in [9.17, 15) is 14.7 Å². The highest BCUT2D eigenvalue weighted by atomic mass is 16.5.